The van der Waals surface area contributed by atoms with E-state index in [1.165, 1.54) is 19.3 Å². The van der Waals surface area contributed by atoms with Crippen LogP contribution in [0.3, 0.4) is 0 Å². The molecule has 2 atom stereocenters. The van der Waals surface area contributed by atoms with E-state index in [2.05, 4.69) is 27.1 Å². The number of oxazole rings is 1. The number of nitrogens with one attached hydrogen (secondary N) is 1. The summed E-state index contributed by atoms with van der Waals surface area (Å²) in [6.45, 7) is 2.86. The van der Waals surface area contributed by atoms with E-state index < -0.39 is 0 Å². The zero-order valence-corrected chi connectivity index (χ0v) is 17.6. The molecule has 0 radical (unpaired) electrons. The first kappa shape index (κ1) is 20.4. The highest BCUT2D eigenvalue weighted by molar-refractivity contribution is 6.04. The van der Waals surface area contributed by atoms with Crippen LogP contribution in [-0.4, -0.2) is 67.3 Å². The maximum atomic E-state index is 13.1. The summed E-state index contributed by atoms with van der Waals surface area (Å²) in [4.78, 5) is 22.3. The minimum Gasteiger partial charge on any atom is -0.423 e. The first-order valence-corrected chi connectivity index (χ1v) is 10.4. The number of hydrogen-bond donors (Lipinski definition) is 1. The lowest BCUT2D eigenvalue weighted by Gasteiger charge is -2.47. The van der Waals surface area contributed by atoms with Gasteiger partial charge in [-0.05, 0) is 44.9 Å². The number of nitrogens with zero attached hydrogens (tertiary/aromatic N) is 3. The number of ether oxygens (including phenoxy) is 1. The van der Waals surface area contributed by atoms with Crippen LogP contribution in [0.1, 0.15) is 42.5 Å². The molecule has 2 unspecified atom stereocenters. The minimum atomic E-state index is -0.0416. The Morgan fingerprint density at radius 3 is 2.62 bits per heavy atom. The van der Waals surface area contributed by atoms with Crippen LogP contribution < -0.4 is 10.2 Å². The lowest BCUT2D eigenvalue weighted by molar-refractivity contribution is 0.0463. The molecule has 0 spiro atoms. The Kier molecular flexibility index (Phi) is 5.99. The largest absolute Gasteiger partial charge is 0.423 e. The number of halogens is 1. The number of morpholine rings is 1. The number of para-hydroxylation sites is 1. The molecule has 8 heteroatoms. The van der Waals surface area contributed by atoms with E-state index in [0.29, 0.717) is 48.0 Å². The highest BCUT2D eigenvalue weighted by Gasteiger charge is 2.36. The van der Waals surface area contributed by atoms with Crippen LogP contribution in [0.25, 0.3) is 11.1 Å². The van der Waals surface area contributed by atoms with Crippen LogP contribution >= 0.6 is 12.4 Å². The van der Waals surface area contributed by atoms with Crippen molar-refractivity contribution in [3.8, 4) is 0 Å². The molecule has 4 heterocycles. The number of rotatable bonds is 3. The van der Waals surface area contributed by atoms with Crippen LogP contribution in [0.4, 0.5) is 6.01 Å². The Morgan fingerprint density at radius 1 is 1.17 bits per heavy atom. The van der Waals surface area contributed by atoms with Crippen molar-refractivity contribution in [1.82, 2.24) is 15.2 Å². The molecule has 5 rings (SSSR count). The number of piperidine rings is 2. The van der Waals surface area contributed by atoms with Crippen LogP contribution in [0.15, 0.2) is 22.6 Å². The first-order valence-electron chi connectivity index (χ1n) is 10.4. The Balaban J connectivity index is 0.00000205. The fourth-order valence-electron chi connectivity index (χ4n) is 5.01. The summed E-state index contributed by atoms with van der Waals surface area (Å²) in [6, 6.07) is 7.59. The molecule has 2 bridgehead atoms. The fraction of sp³-hybridized carbons (Fsp3) is 0.619. The molecule has 158 valence electrons. The first-order chi connectivity index (χ1) is 13.7. The average Bonchev–Trinajstić information content (AvgIpc) is 3.14. The lowest BCUT2D eigenvalue weighted by atomic mass is 9.82. The predicted molar refractivity (Wildman–Crippen MR) is 114 cm³/mol. The number of carbonyl (C=O) groups excluding carboxylic acids is 1. The molecule has 1 aromatic heterocycles. The van der Waals surface area contributed by atoms with Crippen molar-refractivity contribution in [3.05, 3.63) is 23.8 Å². The summed E-state index contributed by atoms with van der Waals surface area (Å²) in [5.41, 5.74) is 1.91. The van der Waals surface area contributed by atoms with Gasteiger partial charge in [-0.1, -0.05) is 12.5 Å². The lowest BCUT2D eigenvalue weighted by Crippen LogP contribution is -2.55. The van der Waals surface area contributed by atoms with E-state index in [9.17, 15) is 4.79 Å². The Labute approximate surface area is 177 Å². The van der Waals surface area contributed by atoms with Crippen LogP contribution in [-0.2, 0) is 4.74 Å². The number of fused-ring (bicyclic) bond motifs is 3. The predicted octanol–water partition coefficient (Wildman–Crippen LogP) is 2.83. The second-order valence-corrected chi connectivity index (χ2v) is 8.29. The second-order valence-electron chi connectivity index (χ2n) is 8.29. The zero-order valence-electron chi connectivity index (χ0n) is 16.8. The van der Waals surface area contributed by atoms with Crippen LogP contribution in [0.5, 0.6) is 0 Å². The standard InChI is InChI=1S/C21H28N4O3.ClH/c1-24-15-4-2-5-16(24)13-14(12-15)22-20(26)17-6-3-7-18-19(17)23-21(28-18)25-8-10-27-11-9-25;/h3,6-7,14-16H,2,4-5,8-13H2,1H3,(H,22,26);1H. The average molecular weight is 421 g/mol. The molecule has 7 nitrogen and oxygen atoms in total. The van der Waals surface area contributed by atoms with Crippen molar-refractivity contribution < 1.29 is 13.9 Å². The second kappa shape index (κ2) is 8.50. The van der Waals surface area contributed by atoms with Gasteiger partial charge in [-0.25, -0.2) is 0 Å². The summed E-state index contributed by atoms with van der Waals surface area (Å²) in [5, 5.41) is 3.28. The van der Waals surface area contributed by atoms with Gasteiger partial charge in [-0.3, -0.25) is 4.79 Å². The number of benzene rings is 1. The topological polar surface area (TPSA) is 70.8 Å². The van der Waals surface area contributed by atoms with Gasteiger partial charge in [0.05, 0.1) is 18.8 Å². The van der Waals surface area contributed by atoms with Gasteiger partial charge < -0.3 is 24.3 Å². The molecule has 0 aliphatic carbocycles. The number of hydrogen-bond acceptors (Lipinski definition) is 6. The normalized spacial score (nSPS) is 27.5. The van der Waals surface area contributed by atoms with Crippen LogP contribution in [0, 0.1) is 0 Å². The summed E-state index contributed by atoms with van der Waals surface area (Å²) in [7, 11) is 2.23. The van der Waals surface area contributed by atoms with E-state index in [4.69, 9.17) is 9.15 Å². The third-order valence-electron chi connectivity index (χ3n) is 6.61. The molecule has 29 heavy (non-hydrogen) atoms. The maximum Gasteiger partial charge on any atom is 0.298 e. The molecule has 2 aromatic rings. The molecule has 0 saturated carbocycles. The monoisotopic (exact) mass is 420 g/mol. The van der Waals surface area contributed by atoms with Gasteiger partial charge in [0.25, 0.3) is 11.9 Å². The SMILES string of the molecule is CN1C2CCCC1CC(NC(=O)c1cccc3oc(N4CCOCC4)nc13)C2.Cl. The van der Waals surface area contributed by atoms with Gasteiger partial charge in [-0.2, -0.15) is 4.98 Å². The summed E-state index contributed by atoms with van der Waals surface area (Å²) < 4.78 is 11.3. The number of carbonyl (C=O) groups is 1. The molecular formula is C21H29ClN4O3. The number of aromatic nitrogens is 1. The van der Waals surface area contributed by atoms with Gasteiger partial charge >= 0.3 is 0 Å². The van der Waals surface area contributed by atoms with Crippen molar-refractivity contribution in [2.24, 2.45) is 0 Å². The molecule has 3 saturated heterocycles. The van der Waals surface area contributed by atoms with E-state index in [1.54, 1.807) is 0 Å². The number of anilines is 1. The van der Waals surface area contributed by atoms with Crippen molar-refractivity contribution in [2.45, 2.75) is 50.2 Å². The van der Waals surface area contributed by atoms with Gasteiger partial charge in [0.1, 0.15) is 5.52 Å². The zero-order chi connectivity index (χ0) is 19.1. The van der Waals surface area contributed by atoms with Crippen molar-refractivity contribution >= 4 is 35.4 Å². The third-order valence-corrected chi connectivity index (χ3v) is 6.61. The smallest absolute Gasteiger partial charge is 0.298 e. The van der Waals surface area contributed by atoms with Crippen LogP contribution in [0.2, 0.25) is 0 Å². The molecular weight excluding hydrogens is 392 g/mol. The molecule has 3 aliphatic rings. The Hall–Kier alpha value is -1.83. The summed E-state index contributed by atoms with van der Waals surface area (Å²) >= 11 is 0. The number of amides is 1. The van der Waals surface area contributed by atoms with E-state index in [1.807, 2.05) is 18.2 Å². The third kappa shape index (κ3) is 3.96. The van der Waals surface area contributed by atoms with Crippen molar-refractivity contribution in [2.75, 3.05) is 38.3 Å². The van der Waals surface area contributed by atoms with Gasteiger partial charge in [-0.15, -0.1) is 12.4 Å². The van der Waals surface area contributed by atoms with Crippen molar-refractivity contribution in [1.29, 1.82) is 0 Å². The van der Waals surface area contributed by atoms with Gasteiger partial charge in [0.15, 0.2) is 5.58 Å². The van der Waals surface area contributed by atoms with E-state index in [-0.39, 0.29) is 24.4 Å². The molecule has 3 aliphatic heterocycles. The quantitative estimate of drug-likeness (QED) is 0.823. The highest BCUT2D eigenvalue weighted by atomic mass is 35.5. The molecule has 1 N–H and O–H groups in total. The molecule has 1 amide bonds. The molecule has 3 fully saturated rings. The summed E-state index contributed by atoms with van der Waals surface area (Å²) in [6.07, 6.45) is 5.85. The highest BCUT2D eigenvalue weighted by Crippen LogP contribution is 2.33. The van der Waals surface area contributed by atoms with E-state index >= 15 is 0 Å². The van der Waals surface area contributed by atoms with E-state index in [0.717, 1.165) is 25.9 Å². The van der Waals surface area contributed by atoms with Gasteiger partial charge in [0.2, 0.25) is 0 Å². The van der Waals surface area contributed by atoms with Gasteiger partial charge in [0, 0.05) is 31.2 Å². The van der Waals surface area contributed by atoms with Crippen molar-refractivity contribution in [3.63, 3.8) is 0 Å². The minimum absolute atomic E-state index is 0. The summed E-state index contributed by atoms with van der Waals surface area (Å²) in [5.74, 6) is -0.0416. The maximum absolute atomic E-state index is 13.1. The Morgan fingerprint density at radius 2 is 1.90 bits per heavy atom. The molecule has 1 aromatic carbocycles. The Bertz CT molecular complexity index is 853. The fourth-order valence-corrected chi connectivity index (χ4v) is 5.01.